The zero-order valence-corrected chi connectivity index (χ0v) is 23.0. The molecule has 0 radical (unpaired) electrons. The van der Waals surface area contributed by atoms with E-state index in [1.807, 2.05) is 15.5 Å². The molecule has 0 saturated carbocycles. The number of likely N-dealkylation sites (tertiary alicyclic amines) is 1. The molecular weight excluding hydrogens is 524 g/mol. The molecular formula is C26H33ClN8O2S. The van der Waals surface area contributed by atoms with Crippen LogP contribution in [0.15, 0.2) is 30.3 Å². The number of anilines is 3. The second-order valence-electron chi connectivity index (χ2n) is 10.4. The first-order chi connectivity index (χ1) is 18.4. The van der Waals surface area contributed by atoms with Crippen molar-refractivity contribution in [1.82, 2.24) is 19.5 Å². The number of hydrogen-bond donors (Lipinski definition) is 2. The van der Waals surface area contributed by atoms with E-state index in [-0.39, 0.29) is 18.0 Å². The zero-order valence-electron chi connectivity index (χ0n) is 21.5. The van der Waals surface area contributed by atoms with Gasteiger partial charge in [-0.3, -0.25) is 4.79 Å². The minimum absolute atomic E-state index is 0.144. The Morgan fingerprint density at radius 2 is 1.92 bits per heavy atom. The SMILES string of the molecule is CS(=O)Nc1ccc(Cl)cc1C(=O)N1CCCCC1c1cc2nc(N3CCC3)cc(N3CCC(N)C3)n2n1. The van der Waals surface area contributed by atoms with Crippen molar-refractivity contribution in [2.75, 3.05) is 53.5 Å². The summed E-state index contributed by atoms with van der Waals surface area (Å²) in [5, 5.41) is 5.49. The molecule has 3 fully saturated rings. The molecule has 0 aliphatic carbocycles. The first kappa shape index (κ1) is 25.4. The maximum absolute atomic E-state index is 13.9. The number of rotatable bonds is 6. The number of piperidine rings is 1. The largest absolute Gasteiger partial charge is 0.356 e. The molecule has 202 valence electrons. The summed E-state index contributed by atoms with van der Waals surface area (Å²) in [6.07, 6.45) is 6.37. The van der Waals surface area contributed by atoms with Gasteiger partial charge in [0.15, 0.2) is 5.65 Å². The first-order valence-corrected chi connectivity index (χ1v) is 15.2. The number of benzene rings is 1. The lowest BCUT2D eigenvalue weighted by molar-refractivity contribution is 0.0607. The van der Waals surface area contributed by atoms with E-state index < -0.39 is 11.0 Å². The van der Waals surface area contributed by atoms with Crippen LogP contribution < -0.4 is 20.3 Å². The van der Waals surface area contributed by atoms with Gasteiger partial charge in [0.05, 0.1) is 23.0 Å². The summed E-state index contributed by atoms with van der Waals surface area (Å²) in [6, 6.07) is 9.13. The third-order valence-corrected chi connectivity index (χ3v) is 8.46. The van der Waals surface area contributed by atoms with Crippen LogP contribution in [-0.2, 0) is 11.0 Å². The maximum Gasteiger partial charge on any atom is 0.256 e. The van der Waals surface area contributed by atoms with Gasteiger partial charge < -0.3 is 25.2 Å². The molecule has 3 saturated heterocycles. The fourth-order valence-electron chi connectivity index (χ4n) is 5.63. The average molecular weight is 557 g/mol. The van der Waals surface area contributed by atoms with Crippen molar-refractivity contribution in [2.45, 2.75) is 44.2 Å². The average Bonchev–Trinajstić information content (AvgIpc) is 3.49. The molecule has 10 nitrogen and oxygen atoms in total. The fourth-order valence-corrected chi connectivity index (χ4v) is 6.29. The molecule has 0 spiro atoms. The topological polar surface area (TPSA) is 112 Å². The van der Waals surface area contributed by atoms with Gasteiger partial charge in [0.25, 0.3) is 5.91 Å². The smallest absolute Gasteiger partial charge is 0.256 e. The van der Waals surface area contributed by atoms with Crippen LogP contribution in [0.1, 0.15) is 54.2 Å². The Hall–Kier alpha value is -2.89. The number of nitrogens with zero attached hydrogens (tertiary/aromatic N) is 6. The van der Waals surface area contributed by atoms with Gasteiger partial charge in [0.1, 0.15) is 22.6 Å². The fraction of sp³-hybridized carbons (Fsp3) is 0.500. The Morgan fingerprint density at radius 3 is 2.63 bits per heavy atom. The van der Waals surface area contributed by atoms with E-state index in [0.29, 0.717) is 22.8 Å². The molecule has 1 amide bonds. The number of carbonyl (C=O) groups is 1. The van der Waals surface area contributed by atoms with Gasteiger partial charge in [-0.25, -0.2) is 9.19 Å². The number of carbonyl (C=O) groups excluding carboxylic acids is 1. The Kier molecular flexibility index (Phi) is 6.92. The predicted octanol–water partition coefficient (Wildman–Crippen LogP) is 3.20. The number of hydrogen-bond acceptors (Lipinski definition) is 7. The molecule has 12 heteroatoms. The van der Waals surface area contributed by atoms with E-state index in [9.17, 15) is 9.00 Å². The molecule has 3 aliphatic rings. The van der Waals surface area contributed by atoms with Gasteiger partial charge in [-0.2, -0.15) is 9.61 Å². The van der Waals surface area contributed by atoms with Crippen LogP contribution in [0, 0.1) is 0 Å². The number of halogens is 1. The van der Waals surface area contributed by atoms with Crippen LogP contribution in [0.3, 0.4) is 0 Å². The molecule has 1 aromatic carbocycles. The minimum Gasteiger partial charge on any atom is -0.356 e. The highest BCUT2D eigenvalue weighted by molar-refractivity contribution is 7.85. The van der Waals surface area contributed by atoms with Crippen LogP contribution in [0.25, 0.3) is 5.65 Å². The molecule has 5 heterocycles. The molecule has 3 atom stereocenters. The van der Waals surface area contributed by atoms with E-state index in [0.717, 1.165) is 74.8 Å². The Labute approximate surface area is 229 Å². The Bertz CT molecular complexity index is 1390. The predicted molar refractivity (Wildman–Crippen MR) is 151 cm³/mol. The third-order valence-electron chi connectivity index (χ3n) is 7.71. The van der Waals surface area contributed by atoms with Crippen molar-refractivity contribution in [2.24, 2.45) is 5.73 Å². The number of amides is 1. The lowest BCUT2D eigenvalue weighted by Crippen LogP contribution is -2.39. The normalized spacial score (nSPS) is 22.6. The van der Waals surface area contributed by atoms with Gasteiger partial charge in [-0.15, -0.1) is 0 Å². The van der Waals surface area contributed by atoms with E-state index in [1.165, 1.54) is 12.7 Å². The molecule has 3 N–H and O–H groups in total. The summed E-state index contributed by atoms with van der Waals surface area (Å²) in [6.45, 7) is 4.29. The summed E-state index contributed by atoms with van der Waals surface area (Å²) in [5.41, 5.74) is 8.77. The van der Waals surface area contributed by atoms with Crippen LogP contribution >= 0.6 is 11.6 Å². The first-order valence-electron chi connectivity index (χ1n) is 13.2. The monoisotopic (exact) mass is 556 g/mol. The minimum atomic E-state index is -1.32. The summed E-state index contributed by atoms with van der Waals surface area (Å²) < 4.78 is 16.7. The maximum atomic E-state index is 13.9. The van der Waals surface area contributed by atoms with Crippen molar-refractivity contribution in [3.8, 4) is 0 Å². The number of aromatic nitrogens is 3. The Morgan fingerprint density at radius 1 is 1.08 bits per heavy atom. The van der Waals surface area contributed by atoms with Crippen molar-refractivity contribution in [3.63, 3.8) is 0 Å². The molecule has 3 aliphatic heterocycles. The Balaban J connectivity index is 1.38. The van der Waals surface area contributed by atoms with Gasteiger partial charge in [-0.05, 0) is 50.3 Å². The number of nitrogens with two attached hydrogens (primary N) is 1. The van der Waals surface area contributed by atoms with E-state index in [4.69, 9.17) is 27.4 Å². The molecule has 6 rings (SSSR count). The van der Waals surface area contributed by atoms with Gasteiger partial charge in [0, 0.05) is 62.2 Å². The van der Waals surface area contributed by atoms with E-state index in [2.05, 4.69) is 20.6 Å². The van der Waals surface area contributed by atoms with E-state index in [1.54, 1.807) is 18.2 Å². The second kappa shape index (κ2) is 10.3. The van der Waals surface area contributed by atoms with E-state index >= 15 is 0 Å². The quantitative estimate of drug-likeness (QED) is 0.479. The van der Waals surface area contributed by atoms with Crippen LogP contribution in [0.5, 0.6) is 0 Å². The number of nitrogens with one attached hydrogen (secondary N) is 1. The highest BCUT2D eigenvalue weighted by Crippen LogP contribution is 2.35. The van der Waals surface area contributed by atoms with Crippen molar-refractivity contribution < 1.29 is 9.00 Å². The lowest BCUT2D eigenvalue weighted by atomic mass is 9.98. The van der Waals surface area contributed by atoms with Crippen LogP contribution in [-0.4, -0.2) is 74.6 Å². The summed E-state index contributed by atoms with van der Waals surface area (Å²) in [4.78, 5) is 25.3. The van der Waals surface area contributed by atoms with Gasteiger partial charge in [0.2, 0.25) is 0 Å². The van der Waals surface area contributed by atoms with Crippen molar-refractivity contribution in [3.05, 3.63) is 46.6 Å². The third kappa shape index (κ3) is 4.83. The second-order valence-corrected chi connectivity index (χ2v) is 12.0. The molecule has 3 aromatic rings. The van der Waals surface area contributed by atoms with Crippen LogP contribution in [0.4, 0.5) is 17.3 Å². The van der Waals surface area contributed by atoms with Crippen molar-refractivity contribution >= 4 is 51.5 Å². The van der Waals surface area contributed by atoms with Crippen LogP contribution in [0.2, 0.25) is 5.02 Å². The van der Waals surface area contributed by atoms with Gasteiger partial charge in [-0.1, -0.05) is 11.6 Å². The molecule has 38 heavy (non-hydrogen) atoms. The molecule has 0 bridgehead atoms. The highest BCUT2D eigenvalue weighted by atomic mass is 35.5. The summed E-state index contributed by atoms with van der Waals surface area (Å²) in [5.74, 6) is 1.81. The summed E-state index contributed by atoms with van der Waals surface area (Å²) >= 11 is 6.27. The number of fused-ring (bicyclic) bond motifs is 1. The van der Waals surface area contributed by atoms with Gasteiger partial charge >= 0.3 is 0 Å². The molecule has 2 aromatic heterocycles. The zero-order chi connectivity index (χ0) is 26.4. The highest BCUT2D eigenvalue weighted by Gasteiger charge is 2.33. The van der Waals surface area contributed by atoms with Crippen molar-refractivity contribution in [1.29, 1.82) is 0 Å². The summed E-state index contributed by atoms with van der Waals surface area (Å²) in [7, 11) is -1.32. The molecule has 3 unspecified atom stereocenters. The lowest BCUT2D eigenvalue weighted by Gasteiger charge is -2.35. The standard InChI is InChI=1S/C26H33ClN8O2S/c1-38(37)31-20-7-6-17(27)13-19(20)26(36)34-11-3-2-5-22(34)21-14-24-29-23(32-9-4-10-32)15-25(35(24)30-21)33-12-8-18(28)16-33/h6-7,13-15,18,22,31H,2-5,8-12,16,28H2,1H3.